The Morgan fingerprint density at radius 3 is 3.00 bits per heavy atom. The van der Waals surface area contributed by atoms with E-state index in [1.54, 1.807) is 18.3 Å². The number of amides is 1. The minimum Gasteiger partial charge on any atom is -0.472 e. The largest absolute Gasteiger partial charge is 0.472 e. The molecule has 2 rings (SSSR count). The Labute approximate surface area is 119 Å². The molecule has 20 heavy (non-hydrogen) atoms. The van der Waals surface area contributed by atoms with Crippen LogP contribution in [0.3, 0.4) is 0 Å². The molecule has 1 amide bonds. The van der Waals surface area contributed by atoms with Crippen molar-refractivity contribution in [1.82, 2.24) is 14.9 Å². The molecule has 5 nitrogen and oxygen atoms in total. The second-order valence-electron chi connectivity index (χ2n) is 5.33. The van der Waals surface area contributed by atoms with Crippen LogP contribution in [0.15, 0.2) is 23.9 Å². The molecule has 0 unspecified atom stereocenters. The molecule has 0 saturated carbocycles. The lowest BCUT2D eigenvalue weighted by Crippen LogP contribution is -2.43. The number of carbonyl (C=O) groups excluding carboxylic acids is 1. The first-order valence-corrected chi connectivity index (χ1v) is 6.94. The van der Waals surface area contributed by atoms with Crippen molar-refractivity contribution in [3.8, 4) is 5.88 Å². The summed E-state index contributed by atoms with van der Waals surface area (Å²) in [7, 11) is 0. The van der Waals surface area contributed by atoms with Crippen LogP contribution < -0.4 is 4.74 Å². The summed E-state index contributed by atoms with van der Waals surface area (Å²) < 4.78 is 5.86. The summed E-state index contributed by atoms with van der Waals surface area (Å²) in [6.07, 6.45) is 5.27. The van der Waals surface area contributed by atoms with Gasteiger partial charge < -0.3 is 9.64 Å². The number of hydrogen-bond donors (Lipinski definition) is 0. The van der Waals surface area contributed by atoms with Crippen molar-refractivity contribution >= 4 is 5.91 Å². The van der Waals surface area contributed by atoms with Gasteiger partial charge in [0.25, 0.3) is 0 Å². The second-order valence-corrected chi connectivity index (χ2v) is 5.33. The first-order chi connectivity index (χ1) is 9.54. The van der Waals surface area contributed by atoms with Crippen LogP contribution in [0.1, 0.15) is 32.5 Å². The molecule has 1 aromatic heterocycles. The van der Waals surface area contributed by atoms with Crippen molar-refractivity contribution in [3.63, 3.8) is 0 Å². The van der Waals surface area contributed by atoms with E-state index < -0.39 is 0 Å². The zero-order valence-corrected chi connectivity index (χ0v) is 12.3. The van der Waals surface area contributed by atoms with E-state index in [4.69, 9.17) is 4.74 Å². The molecule has 108 valence electrons. The van der Waals surface area contributed by atoms with Crippen LogP contribution in [0.4, 0.5) is 0 Å². The molecule has 5 heteroatoms. The fraction of sp³-hybridized carbons (Fsp3) is 0.533. The molecule has 1 aliphatic heterocycles. The Morgan fingerprint density at radius 2 is 2.30 bits per heavy atom. The van der Waals surface area contributed by atoms with Gasteiger partial charge in [-0.25, -0.2) is 4.98 Å². The highest BCUT2D eigenvalue weighted by molar-refractivity contribution is 5.88. The lowest BCUT2D eigenvalue weighted by Gasteiger charge is -2.32. The molecule has 0 aliphatic carbocycles. The van der Waals surface area contributed by atoms with Crippen LogP contribution >= 0.6 is 0 Å². The third kappa shape index (κ3) is 4.05. The quantitative estimate of drug-likeness (QED) is 0.793. The lowest BCUT2D eigenvalue weighted by molar-refractivity contribution is -0.128. The van der Waals surface area contributed by atoms with Crippen molar-refractivity contribution in [2.75, 3.05) is 13.1 Å². The van der Waals surface area contributed by atoms with E-state index in [0.717, 1.165) is 25.0 Å². The van der Waals surface area contributed by atoms with Crippen LogP contribution in [0.25, 0.3) is 0 Å². The maximum Gasteiger partial charge on any atom is 0.246 e. The number of carbonyl (C=O) groups is 1. The SMILES string of the molecule is CC(C)=CC(=O)N1CCC[C@@H](Oc2ccnc(C)n2)C1. The van der Waals surface area contributed by atoms with Gasteiger partial charge in [-0.3, -0.25) is 4.79 Å². The van der Waals surface area contributed by atoms with E-state index >= 15 is 0 Å². The number of ether oxygens (including phenoxy) is 1. The van der Waals surface area contributed by atoms with Crippen LogP contribution in [-0.4, -0.2) is 40.0 Å². The minimum atomic E-state index is 0.00700. The average molecular weight is 275 g/mol. The third-order valence-electron chi connectivity index (χ3n) is 3.14. The Bertz CT molecular complexity index is 510. The molecule has 1 fully saturated rings. The predicted molar refractivity (Wildman–Crippen MR) is 76.4 cm³/mol. The maximum absolute atomic E-state index is 12.0. The van der Waals surface area contributed by atoms with Crippen LogP contribution in [-0.2, 0) is 4.79 Å². The third-order valence-corrected chi connectivity index (χ3v) is 3.14. The molecule has 1 aliphatic rings. The molecular weight excluding hydrogens is 254 g/mol. The van der Waals surface area contributed by atoms with Crippen molar-refractivity contribution in [2.45, 2.75) is 39.7 Å². The zero-order chi connectivity index (χ0) is 14.5. The van der Waals surface area contributed by atoms with Gasteiger partial charge in [-0.2, -0.15) is 4.98 Å². The van der Waals surface area contributed by atoms with Crippen molar-refractivity contribution in [1.29, 1.82) is 0 Å². The predicted octanol–water partition coefficient (Wildman–Crippen LogP) is 2.12. The lowest BCUT2D eigenvalue weighted by atomic mass is 10.1. The molecule has 0 spiro atoms. The topological polar surface area (TPSA) is 55.3 Å². The summed E-state index contributed by atoms with van der Waals surface area (Å²) in [6.45, 7) is 7.11. The Balaban J connectivity index is 1.97. The number of nitrogens with zero attached hydrogens (tertiary/aromatic N) is 3. The number of likely N-dealkylation sites (tertiary alicyclic amines) is 1. The maximum atomic E-state index is 12.0. The van der Waals surface area contributed by atoms with E-state index in [1.165, 1.54) is 0 Å². The van der Waals surface area contributed by atoms with Crippen LogP contribution in [0.2, 0.25) is 0 Å². The number of aromatic nitrogens is 2. The highest BCUT2D eigenvalue weighted by atomic mass is 16.5. The molecule has 1 aromatic rings. The molecular formula is C15H21N3O2. The first kappa shape index (κ1) is 14.5. The van der Waals surface area contributed by atoms with Gasteiger partial charge in [-0.05, 0) is 33.6 Å². The smallest absolute Gasteiger partial charge is 0.246 e. The van der Waals surface area contributed by atoms with Gasteiger partial charge in [-0.15, -0.1) is 0 Å². The summed E-state index contributed by atoms with van der Waals surface area (Å²) in [6, 6.07) is 1.75. The van der Waals surface area contributed by atoms with Crippen molar-refractivity contribution < 1.29 is 9.53 Å². The van der Waals surface area contributed by atoms with E-state index in [0.29, 0.717) is 18.2 Å². The second kappa shape index (κ2) is 6.50. The molecule has 0 bridgehead atoms. The summed E-state index contributed by atoms with van der Waals surface area (Å²) >= 11 is 0. The van der Waals surface area contributed by atoms with Crippen LogP contribution in [0, 0.1) is 6.92 Å². The van der Waals surface area contributed by atoms with Gasteiger partial charge in [-0.1, -0.05) is 5.57 Å². The fourth-order valence-electron chi connectivity index (χ4n) is 2.24. The van der Waals surface area contributed by atoms with Crippen molar-refractivity contribution in [3.05, 3.63) is 29.7 Å². The Morgan fingerprint density at radius 1 is 1.50 bits per heavy atom. The molecule has 0 N–H and O–H groups in total. The zero-order valence-electron chi connectivity index (χ0n) is 12.3. The minimum absolute atomic E-state index is 0.00700. The standard InChI is InChI=1S/C15H21N3O2/c1-11(2)9-15(19)18-8-4-5-13(10-18)20-14-6-7-16-12(3)17-14/h6-7,9,13H,4-5,8,10H2,1-3H3/t13-/m1/s1. The number of allylic oxidation sites excluding steroid dienone is 1. The normalized spacial score (nSPS) is 18.6. The molecule has 0 radical (unpaired) electrons. The monoisotopic (exact) mass is 275 g/mol. The van der Waals surface area contributed by atoms with Gasteiger partial charge >= 0.3 is 0 Å². The first-order valence-electron chi connectivity index (χ1n) is 6.94. The molecule has 2 heterocycles. The highest BCUT2D eigenvalue weighted by Gasteiger charge is 2.24. The van der Waals surface area contributed by atoms with Crippen LogP contribution in [0.5, 0.6) is 5.88 Å². The van der Waals surface area contributed by atoms with Gasteiger partial charge in [0.2, 0.25) is 11.8 Å². The summed E-state index contributed by atoms with van der Waals surface area (Å²) in [5.41, 5.74) is 1.02. The van der Waals surface area contributed by atoms with Crippen molar-refractivity contribution in [2.24, 2.45) is 0 Å². The van der Waals surface area contributed by atoms with E-state index in [-0.39, 0.29) is 12.0 Å². The molecule has 1 atom stereocenters. The summed E-state index contributed by atoms with van der Waals surface area (Å²) in [4.78, 5) is 22.2. The molecule has 1 saturated heterocycles. The van der Waals surface area contributed by atoms with Gasteiger partial charge in [0.15, 0.2) is 0 Å². The summed E-state index contributed by atoms with van der Waals surface area (Å²) in [5.74, 6) is 1.34. The van der Waals surface area contributed by atoms with Gasteiger partial charge in [0.1, 0.15) is 11.9 Å². The van der Waals surface area contributed by atoms with Gasteiger partial charge in [0, 0.05) is 24.9 Å². The number of rotatable bonds is 3. The highest BCUT2D eigenvalue weighted by Crippen LogP contribution is 2.17. The Hall–Kier alpha value is -1.91. The molecule has 0 aromatic carbocycles. The number of aryl methyl sites for hydroxylation is 1. The Kier molecular flexibility index (Phi) is 4.71. The fourth-order valence-corrected chi connectivity index (χ4v) is 2.24. The van der Waals surface area contributed by atoms with Gasteiger partial charge in [0.05, 0.1) is 6.54 Å². The van der Waals surface area contributed by atoms with E-state index in [2.05, 4.69) is 9.97 Å². The number of hydrogen-bond acceptors (Lipinski definition) is 4. The summed E-state index contributed by atoms with van der Waals surface area (Å²) in [5, 5.41) is 0. The van der Waals surface area contributed by atoms with E-state index in [1.807, 2.05) is 25.7 Å². The van der Waals surface area contributed by atoms with E-state index in [9.17, 15) is 4.79 Å². The number of piperidine rings is 1. The average Bonchev–Trinajstić information content (AvgIpc) is 2.38.